The molecular formula is C17H18N4O2S. The van der Waals surface area contributed by atoms with Crippen molar-refractivity contribution in [3.05, 3.63) is 51.5 Å². The average Bonchev–Trinajstić information content (AvgIpc) is 3.23. The molecular weight excluding hydrogens is 324 g/mol. The van der Waals surface area contributed by atoms with Gasteiger partial charge >= 0.3 is 0 Å². The number of ether oxygens (including phenoxy) is 1. The minimum atomic E-state index is -0.217. The molecule has 124 valence electrons. The molecule has 24 heavy (non-hydrogen) atoms. The fourth-order valence-electron chi connectivity index (χ4n) is 2.47. The van der Waals surface area contributed by atoms with Gasteiger partial charge in [-0.1, -0.05) is 0 Å². The summed E-state index contributed by atoms with van der Waals surface area (Å²) in [5.74, 6) is 0.322. The molecule has 0 unspecified atom stereocenters. The van der Waals surface area contributed by atoms with Gasteiger partial charge in [0.05, 0.1) is 12.8 Å². The molecule has 0 atom stereocenters. The fraction of sp³-hybridized carbons (Fsp3) is 0.235. The lowest BCUT2D eigenvalue weighted by atomic mass is 10.1. The third-order valence-corrected chi connectivity index (χ3v) is 4.38. The second-order valence-electron chi connectivity index (χ2n) is 5.43. The van der Waals surface area contributed by atoms with Crippen LogP contribution in [0.2, 0.25) is 0 Å². The van der Waals surface area contributed by atoms with Crippen molar-refractivity contribution in [2.24, 2.45) is 0 Å². The summed E-state index contributed by atoms with van der Waals surface area (Å²) in [5.41, 5.74) is 4.96. The smallest absolute Gasteiger partial charge is 0.269 e. The molecule has 0 aliphatic rings. The number of methoxy groups -OCH3 is 1. The van der Waals surface area contributed by atoms with Gasteiger partial charge in [-0.2, -0.15) is 16.4 Å². The van der Waals surface area contributed by atoms with E-state index in [-0.39, 0.29) is 5.91 Å². The summed E-state index contributed by atoms with van der Waals surface area (Å²) in [6.07, 6.45) is 0. The Balaban J connectivity index is 1.72. The molecule has 0 saturated heterocycles. The molecule has 2 N–H and O–H groups in total. The number of aromatic amines is 1. The number of nitrogens with one attached hydrogen (secondary N) is 2. The lowest BCUT2D eigenvalue weighted by Crippen LogP contribution is -2.24. The van der Waals surface area contributed by atoms with E-state index in [2.05, 4.69) is 20.5 Å². The number of hydrogen-bond acceptors (Lipinski definition) is 5. The summed E-state index contributed by atoms with van der Waals surface area (Å²) < 4.78 is 5.32. The van der Waals surface area contributed by atoms with Crippen LogP contribution in [-0.4, -0.2) is 28.2 Å². The first-order valence-corrected chi connectivity index (χ1v) is 8.40. The van der Waals surface area contributed by atoms with Gasteiger partial charge in [0.25, 0.3) is 5.91 Å². The lowest BCUT2D eigenvalue weighted by Gasteiger charge is -2.12. The maximum absolute atomic E-state index is 12.3. The summed E-state index contributed by atoms with van der Waals surface area (Å²) in [7, 11) is 1.58. The van der Waals surface area contributed by atoms with E-state index in [1.54, 1.807) is 24.5 Å². The van der Waals surface area contributed by atoms with Crippen molar-refractivity contribution < 1.29 is 9.53 Å². The van der Waals surface area contributed by atoms with Gasteiger partial charge in [-0.05, 0) is 43.0 Å². The molecule has 0 aliphatic heterocycles. The van der Waals surface area contributed by atoms with Gasteiger partial charge in [0.2, 0.25) is 5.88 Å². The predicted molar refractivity (Wildman–Crippen MR) is 93.3 cm³/mol. The Kier molecular flexibility index (Phi) is 4.61. The van der Waals surface area contributed by atoms with Gasteiger partial charge in [-0.3, -0.25) is 9.89 Å². The van der Waals surface area contributed by atoms with Gasteiger partial charge in [0, 0.05) is 28.7 Å². The molecule has 0 aliphatic carbocycles. The van der Waals surface area contributed by atoms with Crippen LogP contribution in [0, 0.1) is 13.8 Å². The highest BCUT2D eigenvalue weighted by atomic mass is 32.1. The van der Waals surface area contributed by atoms with E-state index in [4.69, 9.17) is 4.74 Å². The molecule has 0 spiro atoms. The van der Waals surface area contributed by atoms with E-state index in [0.717, 1.165) is 28.1 Å². The third-order valence-electron chi connectivity index (χ3n) is 3.70. The Morgan fingerprint density at radius 3 is 2.92 bits per heavy atom. The zero-order valence-electron chi connectivity index (χ0n) is 13.7. The maximum atomic E-state index is 12.3. The van der Waals surface area contributed by atoms with Crippen LogP contribution in [0.1, 0.15) is 27.3 Å². The molecule has 3 aromatic rings. The highest BCUT2D eigenvalue weighted by molar-refractivity contribution is 7.08. The SMILES string of the molecule is COc1nc(C)cc(C)c1CNC(=O)c1cc(-c2ccsc2)n[nH]1. The Morgan fingerprint density at radius 2 is 2.21 bits per heavy atom. The van der Waals surface area contributed by atoms with Crippen molar-refractivity contribution in [2.45, 2.75) is 20.4 Å². The highest BCUT2D eigenvalue weighted by Gasteiger charge is 2.14. The van der Waals surface area contributed by atoms with Crippen molar-refractivity contribution in [3.63, 3.8) is 0 Å². The number of H-pyrrole nitrogens is 1. The average molecular weight is 342 g/mol. The van der Waals surface area contributed by atoms with Crippen LogP contribution in [0.25, 0.3) is 11.3 Å². The standard InChI is InChI=1S/C17H18N4O2S/c1-10-6-11(2)19-17(23-3)13(10)8-18-16(22)15-7-14(20-21-15)12-4-5-24-9-12/h4-7,9H,8H2,1-3H3,(H,18,22)(H,20,21). The van der Waals surface area contributed by atoms with Crippen molar-refractivity contribution in [1.29, 1.82) is 0 Å². The molecule has 1 amide bonds. The molecule has 0 radical (unpaired) electrons. The topological polar surface area (TPSA) is 79.9 Å². The zero-order valence-corrected chi connectivity index (χ0v) is 14.5. The number of thiophene rings is 1. The van der Waals surface area contributed by atoms with Crippen LogP contribution < -0.4 is 10.1 Å². The second-order valence-corrected chi connectivity index (χ2v) is 6.21. The summed E-state index contributed by atoms with van der Waals surface area (Å²) in [5, 5.41) is 13.8. The minimum absolute atomic E-state index is 0.217. The van der Waals surface area contributed by atoms with E-state index < -0.39 is 0 Å². The molecule has 0 saturated carbocycles. The number of aromatic nitrogens is 3. The van der Waals surface area contributed by atoms with Gasteiger partial charge in [0.1, 0.15) is 5.69 Å². The number of hydrogen-bond donors (Lipinski definition) is 2. The molecule has 3 rings (SSSR count). The minimum Gasteiger partial charge on any atom is -0.481 e. The Labute approximate surface area is 143 Å². The summed E-state index contributed by atoms with van der Waals surface area (Å²) in [4.78, 5) is 16.7. The van der Waals surface area contributed by atoms with Crippen molar-refractivity contribution >= 4 is 17.2 Å². The lowest BCUT2D eigenvalue weighted by molar-refractivity contribution is 0.0945. The van der Waals surface area contributed by atoms with Crippen LogP contribution in [-0.2, 0) is 6.54 Å². The summed E-state index contributed by atoms with van der Waals surface area (Å²) in [6, 6.07) is 5.68. The Bertz CT molecular complexity index is 856. The zero-order chi connectivity index (χ0) is 17.1. The van der Waals surface area contributed by atoms with E-state index in [0.29, 0.717) is 18.1 Å². The molecule has 3 aromatic heterocycles. The van der Waals surface area contributed by atoms with Crippen LogP contribution in [0.3, 0.4) is 0 Å². The number of carbonyl (C=O) groups is 1. The van der Waals surface area contributed by atoms with Gasteiger partial charge < -0.3 is 10.1 Å². The summed E-state index contributed by atoms with van der Waals surface area (Å²) in [6.45, 7) is 4.23. The van der Waals surface area contributed by atoms with Gasteiger partial charge in [-0.15, -0.1) is 0 Å². The van der Waals surface area contributed by atoms with E-state index in [9.17, 15) is 4.79 Å². The number of nitrogens with zero attached hydrogens (tertiary/aromatic N) is 2. The molecule has 7 heteroatoms. The first-order valence-electron chi connectivity index (χ1n) is 7.45. The molecule has 0 bridgehead atoms. The summed E-state index contributed by atoms with van der Waals surface area (Å²) >= 11 is 1.59. The molecule has 3 heterocycles. The Hall–Kier alpha value is -2.67. The number of aryl methyl sites for hydroxylation is 2. The fourth-order valence-corrected chi connectivity index (χ4v) is 3.12. The van der Waals surface area contributed by atoms with E-state index >= 15 is 0 Å². The van der Waals surface area contributed by atoms with Crippen molar-refractivity contribution in [2.75, 3.05) is 7.11 Å². The predicted octanol–water partition coefficient (Wildman–Crippen LogP) is 3.09. The van der Waals surface area contributed by atoms with E-state index in [1.165, 1.54) is 0 Å². The number of pyridine rings is 1. The molecule has 0 aromatic carbocycles. The van der Waals surface area contributed by atoms with Gasteiger partial charge in [0.15, 0.2) is 0 Å². The molecule has 6 nitrogen and oxygen atoms in total. The monoisotopic (exact) mass is 342 g/mol. The van der Waals surface area contributed by atoms with Crippen LogP contribution >= 0.6 is 11.3 Å². The van der Waals surface area contributed by atoms with E-state index in [1.807, 2.05) is 36.7 Å². The Morgan fingerprint density at radius 1 is 1.38 bits per heavy atom. The number of rotatable bonds is 5. The van der Waals surface area contributed by atoms with Crippen molar-refractivity contribution in [3.8, 4) is 17.1 Å². The largest absolute Gasteiger partial charge is 0.481 e. The molecule has 0 fully saturated rings. The maximum Gasteiger partial charge on any atom is 0.269 e. The normalized spacial score (nSPS) is 10.6. The third kappa shape index (κ3) is 3.30. The van der Waals surface area contributed by atoms with Crippen LogP contribution in [0.5, 0.6) is 5.88 Å². The number of amides is 1. The van der Waals surface area contributed by atoms with Crippen LogP contribution in [0.4, 0.5) is 0 Å². The first kappa shape index (κ1) is 16.2. The van der Waals surface area contributed by atoms with Gasteiger partial charge in [-0.25, -0.2) is 4.98 Å². The van der Waals surface area contributed by atoms with Crippen LogP contribution in [0.15, 0.2) is 29.0 Å². The highest BCUT2D eigenvalue weighted by Crippen LogP contribution is 2.22. The second kappa shape index (κ2) is 6.84. The van der Waals surface area contributed by atoms with Crippen molar-refractivity contribution in [1.82, 2.24) is 20.5 Å². The number of carbonyl (C=O) groups excluding carboxylic acids is 1. The quantitative estimate of drug-likeness (QED) is 0.747. The first-order chi connectivity index (χ1) is 11.6.